The molecule has 1 aliphatic rings. The summed E-state index contributed by atoms with van der Waals surface area (Å²) in [7, 11) is 0. The molecular formula is C11H15N3S. The number of hydrogen-bond donors (Lipinski definition) is 1. The average molecular weight is 221 g/mol. The van der Waals surface area contributed by atoms with Gasteiger partial charge in [0.2, 0.25) is 0 Å². The van der Waals surface area contributed by atoms with Gasteiger partial charge in [0.1, 0.15) is 10.9 Å². The van der Waals surface area contributed by atoms with Gasteiger partial charge in [-0.15, -0.1) is 11.3 Å². The number of hydrogen-bond acceptors (Lipinski definition) is 4. The second kappa shape index (κ2) is 3.74. The van der Waals surface area contributed by atoms with Crippen molar-refractivity contribution in [3.63, 3.8) is 0 Å². The van der Waals surface area contributed by atoms with Gasteiger partial charge in [-0.25, -0.2) is 0 Å². The van der Waals surface area contributed by atoms with Gasteiger partial charge in [-0.3, -0.25) is 0 Å². The maximum atomic E-state index is 8.84. The molecule has 0 aromatic carbocycles. The van der Waals surface area contributed by atoms with Crippen LogP contribution in [0.1, 0.15) is 18.7 Å². The Morgan fingerprint density at radius 1 is 1.47 bits per heavy atom. The van der Waals surface area contributed by atoms with Crippen molar-refractivity contribution in [2.75, 3.05) is 23.7 Å². The van der Waals surface area contributed by atoms with Crippen LogP contribution in [0.4, 0.5) is 10.7 Å². The molecule has 15 heavy (non-hydrogen) atoms. The van der Waals surface area contributed by atoms with Gasteiger partial charge in [0.25, 0.3) is 0 Å². The molecule has 0 aliphatic carbocycles. The number of thiophene rings is 1. The summed E-state index contributed by atoms with van der Waals surface area (Å²) in [6.07, 6.45) is 0. The second-order valence-electron chi connectivity index (χ2n) is 4.34. The summed E-state index contributed by atoms with van der Waals surface area (Å²) in [5.74, 6) is 1.44. The molecule has 0 spiro atoms. The summed E-state index contributed by atoms with van der Waals surface area (Å²) in [6, 6.07) is 4.05. The van der Waals surface area contributed by atoms with Crippen molar-refractivity contribution in [3.8, 4) is 6.07 Å². The minimum Gasteiger partial charge on any atom is -0.397 e. The van der Waals surface area contributed by atoms with Crippen molar-refractivity contribution in [1.82, 2.24) is 0 Å². The minimum atomic E-state index is 0.615. The summed E-state index contributed by atoms with van der Waals surface area (Å²) in [6.45, 7) is 6.69. The smallest absolute Gasteiger partial charge is 0.129 e. The first-order valence-electron chi connectivity index (χ1n) is 5.16. The number of nitriles is 1. The number of rotatable bonds is 1. The van der Waals surface area contributed by atoms with Crippen LogP contribution in [0.3, 0.4) is 0 Å². The van der Waals surface area contributed by atoms with E-state index in [-0.39, 0.29) is 0 Å². The lowest BCUT2D eigenvalue weighted by molar-refractivity contribution is 0.494. The highest BCUT2D eigenvalue weighted by Gasteiger charge is 2.27. The fourth-order valence-corrected chi connectivity index (χ4v) is 2.84. The largest absolute Gasteiger partial charge is 0.397 e. The van der Waals surface area contributed by atoms with Crippen LogP contribution >= 0.6 is 11.3 Å². The molecule has 1 aliphatic heterocycles. The Bertz CT molecular complexity index is 394. The average Bonchev–Trinajstić information content (AvgIpc) is 2.71. The Morgan fingerprint density at radius 3 is 2.53 bits per heavy atom. The van der Waals surface area contributed by atoms with Gasteiger partial charge in [-0.1, -0.05) is 13.8 Å². The van der Waals surface area contributed by atoms with Gasteiger partial charge in [-0.05, 0) is 17.9 Å². The highest BCUT2D eigenvalue weighted by atomic mass is 32.1. The lowest BCUT2D eigenvalue weighted by atomic mass is 10.0. The fraction of sp³-hybridized carbons (Fsp3) is 0.545. The molecule has 1 saturated heterocycles. The maximum Gasteiger partial charge on any atom is 0.129 e. The van der Waals surface area contributed by atoms with Gasteiger partial charge < -0.3 is 10.6 Å². The van der Waals surface area contributed by atoms with Gasteiger partial charge in [0, 0.05) is 13.1 Å². The number of anilines is 2. The zero-order valence-electron chi connectivity index (χ0n) is 9.03. The SMILES string of the molecule is CC1CN(c2cc(N)c(C#N)s2)CC1C. The maximum absolute atomic E-state index is 8.84. The van der Waals surface area contributed by atoms with E-state index >= 15 is 0 Å². The van der Waals surface area contributed by atoms with Crippen LogP contribution in [0.2, 0.25) is 0 Å². The van der Waals surface area contributed by atoms with Crippen LogP contribution in [0.5, 0.6) is 0 Å². The Hall–Kier alpha value is -1.21. The molecule has 2 rings (SSSR count). The van der Waals surface area contributed by atoms with E-state index in [1.165, 1.54) is 11.3 Å². The molecule has 2 heterocycles. The Kier molecular flexibility index (Phi) is 2.57. The molecule has 1 fully saturated rings. The predicted molar refractivity (Wildman–Crippen MR) is 64.0 cm³/mol. The van der Waals surface area contributed by atoms with Crippen LogP contribution < -0.4 is 10.6 Å². The summed E-state index contributed by atoms with van der Waals surface area (Å²) in [5, 5.41) is 9.98. The third-order valence-electron chi connectivity index (χ3n) is 3.15. The lowest BCUT2D eigenvalue weighted by Gasteiger charge is -2.14. The zero-order chi connectivity index (χ0) is 11.0. The molecule has 2 atom stereocenters. The van der Waals surface area contributed by atoms with E-state index < -0.39 is 0 Å². The number of nitrogens with two attached hydrogens (primary N) is 1. The lowest BCUT2D eigenvalue weighted by Crippen LogP contribution is -2.18. The summed E-state index contributed by atoms with van der Waals surface area (Å²) in [5.41, 5.74) is 6.37. The van der Waals surface area contributed by atoms with Crippen LogP contribution in [0.25, 0.3) is 0 Å². The van der Waals surface area contributed by atoms with Crippen molar-refractivity contribution in [2.24, 2.45) is 11.8 Å². The summed E-state index contributed by atoms with van der Waals surface area (Å²) >= 11 is 1.50. The third kappa shape index (κ3) is 1.80. The summed E-state index contributed by atoms with van der Waals surface area (Å²) in [4.78, 5) is 2.97. The van der Waals surface area contributed by atoms with Gasteiger partial charge >= 0.3 is 0 Å². The van der Waals surface area contributed by atoms with Crippen molar-refractivity contribution in [1.29, 1.82) is 5.26 Å². The standard InChI is InChI=1S/C11H15N3S/c1-7-5-14(6-8(7)2)11-3-9(13)10(4-12)15-11/h3,7-8H,5-6,13H2,1-2H3. The van der Waals surface area contributed by atoms with Crippen molar-refractivity contribution < 1.29 is 0 Å². The third-order valence-corrected chi connectivity index (χ3v) is 4.27. The molecule has 0 amide bonds. The van der Waals surface area contributed by atoms with Crippen LogP contribution in [0.15, 0.2) is 6.07 Å². The fourth-order valence-electron chi connectivity index (χ4n) is 1.94. The van der Waals surface area contributed by atoms with Gasteiger partial charge in [-0.2, -0.15) is 5.26 Å². The molecule has 2 N–H and O–H groups in total. The van der Waals surface area contributed by atoms with Crippen molar-refractivity contribution in [2.45, 2.75) is 13.8 Å². The van der Waals surface area contributed by atoms with Crippen molar-refractivity contribution in [3.05, 3.63) is 10.9 Å². The topological polar surface area (TPSA) is 53.0 Å². The second-order valence-corrected chi connectivity index (χ2v) is 5.37. The van der Waals surface area contributed by atoms with E-state index in [2.05, 4.69) is 24.8 Å². The van der Waals surface area contributed by atoms with Gasteiger partial charge in [0.15, 0.2) is 0 Å². The van der Waals surface area contributed by atoms with Crippen LogP contribution in [0, 0.1) is 23.2 Å². The molecule has 1 aromatic heterocycles. The van der Waals surface area contributed by atoms with E-state index in [1.807, 2.05) is 6.07 Å². The molecule has 2 unspecified atom stereocenters. The normalized spacial score (nSPS) is 25.5. The monoisotopic (exact) mass is 221 g/mol. The van der Waals surface area contributed by atoms with E-state index in [9.17, 15) is 0 Å². The summed E-state index contributed by atoms with van der Waals surface area (Å²) < 4.78 is 0. The van der Waals surface area contributed by atoms with E-state index in [0.717, 1.165) is 29.9 Å². The van der Waals surface area contributed by atoms with E-state index in [1.54, 1.807) is 0 Å². The van der Waals surface area contributed by atoms with Crippen molar-refractivity contribution >= 4 is 22.0 Å². The Morgan fingerprint density at radius 2 is 2.07 bits per heavy atom. The molecule has 4 heteroatoms. The first kappa shape index (κ1) is 10.3. The Labute approximate surface area is 94.1 Å². The molecular weight excluding hydrogens is 206 g/mol. The quantitative estimate of drug-likeness (QED) is 0.791. The Balaban J connectivity index is 2.21. The molecule has 0 bridgehead atoms. The van der Waals surface area contributed by atoms with Crippen LogP contribution in [-0.4, -0.2) is 13.1 Å². The number of nitrogen functional groups attached to an aromatic ring is 1. The number of nitrogens with zero attached hydrogens (tertiary/aromatic N) is 2. The van der Waals surface area contributed by atoms with E-state index in [0.29, 0.717) is 10.6 Å². The molecule has 0 saturated carbocycles. The molecule has 80 valence electrons. The molecule has 1 aromatic rings. The zero-order valence-corrected chi connectivity index (χ0v) is 9.84. The first-order chi connectivity index (χ1) is 7.11. The van der Waals surface area contributed by atoms with Gasteiger partial charge in [0.05, 0.1) is 10.7 Å². The minimum absolute atomic E-state index is 0.615. The highest BCUT2D eigenvalue weighted by molar-refractivity contribution is 7.17. The van der Waals surface area contributed by atoms with Crippen LogP contribution in [-0.2, 0) is 0 Å². The predicted octanol–water partition coefficient (Wildman–Crippen LogP) is 2.29. The van der Waals surface area contributed by atoms with E-state index in [4.69, 9.17) is 11.0 Å². The highest BCUT2D eigenvalue weighted by Crippen LogP contribution is 2.35. The molecule has 0 radical (unpaired) electrons. The molecule has 3 nitrogen and oxygen atoms in total. The first-order valence-corrected chi connectivity index (χ1v) is 5.97.